The number of ether oxygens (including phenoxy) is 1. The van der Waals surface area contributed by atoms with Crippen molar-refractivity contribution in [1.29, 1.82) is 0 Å². The van der Waals surface area contributed by atoms with Gasteiger partial charge in [0.2, 0.25) is 5.91 Å². The normalized spacial score (nSPS) is 19.4. The maximum Gasteiger partial charge on any atom is 0.342 e. The lowest BCUT2D eigenvalue weighted by Gasteiger charge is -2.32. The van der Waals surface area contributed by atoms with Crippen LogP contribution in [0.3, 0.4) is 0 Å². The lowest BCUT2D eigenvalue weighted by atomic mass is 9.81. The van der Waals surface area contributed by atoms with Crippen molar-refractivity contribution < 1.29 is 14.3 Å². The number of benzene rings is 1. The van der Waals surface area contributed by atoms with E-state index in [1.807, 2.05) is 32.0 Å². The molecule has 0 saturated heterocycles. The van der Waals surface area contributed by atoms with E-state index < -0.39 is 5.97 Å². The Kier molecular flexibility index (Phi) is 5.48. The van der Waals surface area contributed by atoms with Crippen LogP contribution in [0.2, 0.25) is 0 Å². The summed E-state index contributed by atoms with van der Waals surface area (Å²) in [5.74, 6) is -0.217. The van der Waals surface area contributed by atoms with Crippen molar-refractivity contribution >= 4 is 28.4 Å². The predicted molar refractivity (Wildman–Crippen MR) is 119 cm³/mol. The number of carbonyl (C=O) groups is 2. The van der Waals surface area contributed by atoms with Crippen LogP contribution in [0.15, 0.2) is 30.5 Å². The highest BCUT2D eigenvalue weighted by Crippen LogP contribution is 2.41. The first kappa shape index (κ1) is 20.7. The number of aromatic amines is 1. The average Bonchev–Trinajstić information content (AvgIpc) is 3.05. The van der Waals surface area contributed by atoms with Crippen LogP contribution >= 0.6 is 0 Å². The van der Waals surface area contributed by atoms with E-state index >= 15 is 0 Å². The number of amides is 1. The van der Waals surface area contributed by atoms with Crippen molar-refractivity contribution in [3.63, 3.8) is 0 Å². The number of para-hydroxylation sites is 1. The quantitative estimate of drug-likeness (QED) is 0.714. The summed E-state index contributed by atoms with van der Waals surface area (Å²) in [4.78, 5) is 31.8. The van der Waals surface area contributed by atoms with E-state index in [1.165, 1.54) is 6.42 Å². The number of H-pyrrole nitrogens is 1. The van der Waals surface area contributed by atoms with E-state index in [0.717, 1.165) is 47.8 Å². The molecule has 1 aromatic heterocycles. The number of nitrogens with one attached hydrogen (secondary N) is 1. The molecule has 1 saturated carbocycles. The summed E-state index contributed by atoms with van der Waals surface area (Å²) < 4.78 is 5.57. The third-order valence-corrected chi connectivity index (χ3v) is 6.30. The Balaban J connectivity index is 1.84. The molecule has 0 atom stereocenters. The fraction of sp³-hybridized carbons (Fsp3) is 0.520. The van der Waals surface area contributed by atoms with Gasteiger partial charge >= 0.3 is 5.97 Å². The summed E-state index contributed by atoms with van der Waals surface area (Å²) in [5.41, 5.74) is 2.95. The first-order valence-electron chi connectivity index (χ1n) is 11.1. The number of nitrogens with zero attached hydrogens (tertiary/aromatic N) is 1. The molecule has 5 heteroatoms. The number of hydrogen-bond acceptors (Lipinski definition) is 3. The van der Waals surface area contributed by atoms with E-state index in [1.54, 1.807) is 11.1 Å². The summed E-state index contributed by atoms with van der Waals surface area (Å²) in [6, 6.07) is 8.10. The third kappa shape index (κ3) is 3.78. The Morgan fingerprint density at radius 2 is 1.83 bits per heavy atom. The molecule has 2 aromatic rings. The van der Waals surface area contributed by atoms with Crippen LogP contribution in [0, 0.1) is 5.92 Å². The van der Waals surface area contributed by atoms with Crippen molar-refractivity contribution in [2.75, 3.05) is 6.54 Å². The molecule has 1 fully saturated rings. The van der Waals surface area contributed by atoms with Gasteiger partial charge in [-0.05, 0) is 38.3 Å². The molecule has 2 heterocycles. The zero-order valence-electron chi connectivity index (χ0n) is 18.5. The fourth-order valence-corrected chi connectivity index (χ4v) is 4.98. The van der Waals surface area contributed by atoms with E-state index in [4.69, 9.17) is 4.74 Å². The molecular weight excluding hydrogens is 376 g/mol. The van der Waals surface area contributed by atoms with Gasteiger partial charge in [0, 0.05) is 35.0 Å². The Morgan fingerprint density at radius 3 is 2.53 bits per heavy atom. The molecule has 30 heavy (non-hydrogen) atoms. The van der Waals surface area contributed by atoms with Crippen molar-refractivity contribution in [2.24, 2.45) is 5.92 Å². The van der Waals surface area contributed by atoms with E-state index in [2.05, 4.69) is 24.9 Å². The summed E-state index contributed by atoms with van der Waals surface area (Å²) in [6.45, 7) is 8.53. The number of hydrogen-bond donors (Lipinski definition) is 1. The average molecular weight is 409 g/mol. The third-order valence-electron chi connectivity index (χ3n) is 6.30. The molecule has 0 radical (unpaired) electrons. The van der Waals surface area contributed by atoms with Gasteiger partial charge in [-0.1, -0.05) is 51.3 Å². The minimum atomic E-state index is -0.392. The Bertz CT molecular complexity index is 993. The van der Waals surface area contributed by atoms with Gasteiger partial charge in [0.1, 0.15) is 0 Å². The predicted octanol–water partition coefficient (Wildman–Crippen LogP) is 5.16. The smallest absolute Gasteiger partial charge is 0.342 e. The fourth-order valence-electron chi connectivity index (χ4n) is 4.98. The highest BCUT2D eigenvalue weighted by Gasteiger charge is 2.38. The molecular formula is C25H32N2O3. The van der Waals surface area contributed by atoms with Crippen LogP contribution in [0.25, 0.3) is 16.5 Å². The number of rotatable bonds is 3. The van der Waals surface area contributed by atoms with Gasteiger partial charge in [-0.2, -0.15) is 0 Å². The van der Waals surface area contributed by atoms with Crippen LogP contribution in [-0.2, 0) is 19.7 Å². The zero-order chi connectivity index (χ0) is 21.5. The van der Waals surface area contributed by atoms with Crippen LogP contribution in [0.5, 0.6) is 0 Å². The lowest BCUT2D eigenvalue weighted by Crippen LogP contribution is -2.40. The monoisotopic (exact) mass is 408 g/mol. The second-order valence-corrected chi connectivity index (χ2v) is 9.60. The van der Waals surface area contributed by atoms with Crippen LogP contribution in [0.1, 0.15) is 71.1 Å². The summed E-state index contributed by atoms with van der Waals surface area (Å²) in [5, 5.41) is 1.09. The molecule has 0 spiro atoms. The zero-order valence-corrected chi connectivity index (χ0v) is 18.5. The molecule has 1 aliphatic heterocycles. The minimum absolute atomic E-state index is 0.0429. The number of aromatic nitrogens is 1. The second-order valence-electron chi connectivity index (χ2n) is 9.60. The van der Waals surface area contributed by atoms with Gasteiger partial charge < -0.3 is 14.6 Å². The molecule has 4 rings (SSSR count). The van der Waals surface area contributed by atoms with Gasteiger partial charge in [-0.15, -0.1) is 0 Å². The number of carbonyl (C=O) groups excluding carboxylic acids is 2. The first-order valence-corrected chi connectivity index (χ1v) is 11.1. The minimum Gasteiger partial charge on any atom is -0.459 e. The number of fused-ring (bicyclic) bond motifs is 3. The number of esters is 1. The maximum absolute atomic E-state index is 13.4. The first-order chi connectivity index (χ1) is 14.3. The van der Waals surface area contributed by atoms with Gasteiger partial charge in [-0.25, -0.2) is 4.79 Å². The van der Waals surface area contributed by atoms with Crippen molar-refractivity contribution in [3.8, 4) is 0 Å². The van der Waals surface area contributed by atoms with Gasteiger partial charge in [0.25, 0.3) is 0 Å². The highest BCUT2D eigenvalue weighted by atomic mass is 16.5. The van der Waals surface area contributed by atoms with Gasteiger partial charge in [0.05, 0.1) is 17.4 Å². The summed E-state index contributed by atoms with van der Waals surface area (Å²) in [7, 11) is 0. The van der Waals surface area contributed by atoms with Crippen LogP contribution < -0.4 is 0 Å². The van der Waals surface area contributed by atoms with E-state index in [9.17, 15) is 9.59 Å². The molecule has 1 N–H and O–H groups in total. The molecule has 0 unspecified atom stereocenters. The Hall–Kier alpha value is -2.56. The van der Waals surface area contributed by atoms with E-state index in [0.29, 0.717) is 12.1 Å². The molecule has 1 amide bonds. The van der Waals surface area contributed by atoms with Crippen LogP contribution in [0.4, 0.5) is 0 Å². The van der Waals surface area contributed by atoms with E-state index in [-0.39, 0.29) is 23.3 Å². The van der Waals surface area contributed by atoms with Gasteiger partial charge in [0.15, 0.2) is 0 Å². The highest BCUT2D eigenvalue weighted by molar-refractivity contribution is 6.18. The largest absolute Gasteiger partial charge is 0.459 e. The Labute approximate surface area is 178 Å². The second kappa shape index (κ2) is 7.93. The molecule has 1 aromatic carbocycles. The summed E-state index contributed by atoms with van der Waals surface area (Å²) in [6.07, 6.45) is 6.78. The van der Waals surface area contributed by atoms with Crippen LogP contribution in [-0.4, -0.2) is 34.4 Å². The van der Waals surface area contributed by atoms with Gasteiger partial charge in [-0.3, -0.25) is 4.79 Å². The van der Waals surface area contributed by atoms with Crippen molar-refractivity contribution in [3.05, 3.63) is 41.7 Å². The maximum atomic E-state index is 13.4. The molecule has 0 bridgehead atoms. The molecule has 160 valence electrons. The standard InChI is InChI=1S/C25H32N2O3/c1-16(2)30-24(29)19-14-27(23(28)17-10-6-5-7-11-17)15-25(3,4)21-18-12-8-9-13-20(18)26-22(19)21/h8-9,12-14,16-17,26H,5-7,10-11,15H2,1-4H3. The van der Waals surface area contributed by atoms with Crippen molar-refractivity contribution in [2.45, 2.75) is 71.3 Å². The Morgan fingerprint density at radius 1 is 1.13 bits per heavy atom. The summed E-state index contributed by atoms with van der Waals surface area (Å²) >= 11 is 0. The lowest BCUT2D eigenvalue weighted by molar-refractivity contribution is -0.140. The molecule has 2 aliphatic rings. The molecule has 1 aliphatic carbocycles. The van der Waals surface area contributed by atoms with Crippen molar-refractivity contribution in [1.82, 2.24) is 9.88 Å². The topological polar surface area (TPSA) is 62.4 Å². The SMILES string of the molecule is CC(C)OC(=O)C1=CN(C(=O)C2CCCCC2)CC(C)(C)c2c1[nH]c1ccccc21. The molecule has 5 nitrogen and oxygen atoms in total.